The molecule has 240 valence electrons. The van der Waals surface area contributed by atoms with Crippen molar-refractivity contribution in [1.29, 1.82) is 0 Å². The third-order valence-electron chi connectivity index (χ3n) is 10.2. The van der Waals surface area contributed by atoms with E-state index in [2.05, 4.69) is 26.8 Å². The molecule has 11 heteroatoms. The molecule has 11 nitrogen and oxygen atoms in total. The lowest BCUT2D eigenvalue weighted by Gasteiger charge is -2.63. The number of nitrogens with zero attached hydrogens (tertiary/aromatic N) is 6. The van der Waals surface area contributed by atoms with Crippen molar-refractivity contribution in [2.75, 3.05) is 67.6 Å². The van der Waals surface area contributed by atoms with Crippen LogP contribution in [0.5, 0.6) is 5.75 Å². The lowest BCUT2D eigenvalue weighted by molar-refractivity contribution is -0.384. The maximum Gasteiger partial charge on any atom is 0.331 e. The van der Waals surface area contributed by atoms with Crippen LogP contribution in [0.1, 0.15) is 30.4 Å². The summed E-state index contributed by atoms with van der Waals surface area (Å²) in [7, 11) is 1.61. The summed E-state index contributed by atoms with van der Waals surface area (Å²) in [6, 6.07) is 21.0. The van der Waals surface area contributed by atoms with Gasteiger partial charge >= 0.3 is 6.03 Å². The number of piperidine rings is 1. The van der Waals surface area contributed by atoms with E-state index in [9.17, 15) is 19.7 Å². The van der Waals surface area contributed by atoms with Crippen molar-refractivity contribution in [3.05, 3.63) is 88.0 Å². The van der Waals surface area contributed by atoms with Gasteiger partial charge in [0.05, 0.1) is 18.6 Å². The molecular weight excluding hydrogens is 584 g/mol. The van der Waals surface area contributed by atoms with Crippen LogP contribution >= 0.6 is 0 Å². The third kappa shape index (κ3) is 5.64. The number of non-ortho nitro benzene ring substituents is 1. The second-order valence-electron chi connectivity index (χ2n) is 13.2. The quantitative estimate of drug-likeness (QED) is 0.253. The number of hydrogen-bond donors (Lipinski definition) is 0. The fraction of sp³-hybridized carbons (Fsp3) is 0.429. The topological polar surface area (TPSA) is 103 Å². The molecule has 0 bridgehead atoms. The van der Waals surface area contributed by atoms with Gasteiger partial charge in [-0.25, -0.2) is 4.79 Å². The number of methoxy groups -OCH3 is 1. The molecule has 0 aromatic heterocycles. The van der Waals surface area contributed by atoms with Crippen molar-refractivity contribution < 1.29 is 19.2 Å². The maximum absolute atomic E-state index is 13.5. The number of nitro benzene ring substituents is 1. The van der Waals surface area contributed by atoms with E-state index in [0.717, 1.165) is 80.4 Å². The Bertz CT molecular complexity index is 1620. The number of aryl methyl sites for hydroxylation is 1. The molecule has 0 aliphatic carbocycles. The second-order valence-corrected chi connectivity index (χ2v) is 13.2. The van der Waals surface area contributed by atoms with Crippen LogP contribution in [-0.4, -0.2) is 85.6 Å². The van der Waals surface area contributed by atoms with Crippen molar-refractivity contribution in [1.82, 2.24) is 9.80 Å². The normalized spacial score (nSPS) is 20.1. The molecule has 1 spiro atoms. The van der Waals surface area contributed by atoms with Crippen LogP contribution in [0, 0.1) is 22.5 Å². The molecule has 3 aromatic carbocycles. The first-order valence-corrected chi connectivity index (χ1v) is 16.1. The average Bonchev–Trinajstić information content (AvgIpc) is 3.03. The zero-order chi connectivity index (χ0) is 32.0. The predicted octanol–water partition coefficient (Wildman–Crippen LogP) is 5.06. The summed E-state index contributed by atoms with van der Waals surface area (Å²) in [6.45, 7) is 8.93. The Labute approximate surface area is 269 Å². The molecule has 0 unspecified atom stereocenters. The number of anilines is 3. The first-order valence-electron chi connectivity index (χ1n) is 16.1. The van der Waals surface area contributed by atoms with Crippen molar-refractivity contribution in [2.45, 2.75) is 38.8 Å². The van der Waals surface area contributed by atoms with Gasteiger partial charge in [-0.15, -0.1) is 0 Å². The lowest BCUT2D eigenvalue weighted by atomic mass is 9.71. The second kappa shape index (κ2) is 11.9. The number of nitro groups is 1. The van der Waals surface area contributed by atoms with Gasteiger partial charge in [0.2, 0.25) is 5.91 Å². The van der Waals surface area contributed by atoms with E-state index in [1.807, 2.05) is 49.4 Å². The molecule has 46 heavy (non-hydrogen) atoms. The zero-order valence-corrected chi connectivity index (χ0v) is 26.4. The molecule has 4 fully saturated rings. The summed E-state index contributed by atoms with van der Waals surface area (Å²) < 4.78 is 5.23. The highest BCUT2D eigenvalue weighted by atomic mass is 16.6. The Morgan fingerprint density at radius 2 is 1.54 bits per heavy atom. The molecular formula is C35H40N6O5. The minimum Gasteiger partial charge on any atom is -0.497 e. The highest BCUT2D eigenvalue weighted by Crippen LogP contribution is 2.44. The molecule has 4 aliphatic heterocycles. The van der Waals surface area contributed by atoms with Crippen LogP contribution in [0.25, 0.3) is 0 Å². The van der Waals surface area contributed by atoms with E-state index >= 15 is 0 Å². The predicted molar refractivity (Wildman–Crippen MR) is 177 cm³/mol. The van der Waals surface area contributed by atoms with Crippen LogP contribution in [-0.2, 0) is 11.3 Å². The molecule has 0 atom stereocenters. The largest absolute Gasteiger partial charge is 0.497 e. The SMILES string of the molecule is COc1ccc(CN2C(=O)CCN(c3ccc(N4CC5(C4)CN(C4CCN(c6ccc([N+](=O)[O-])cc6)CC4)C5)cc3C)C2=O)cc1. The van der Waals surface area contributed by atoms with E-state index in [-0.39, 0.29) is 29.1 Å². The minimum absolute atomic E-state index is 0.132. The fourth-order valence-corrected chi connectivity index (χ4v) is 7.62. The van der Waals surface area contributed by atoms with Crippen LogP contribution in [0.2, 0.25) is 0 Å². The average molecular weight is 625 g/mol. The molecule has 7 rings (SSSR count). The zero-order valence-electron chi connectivity index (χ0n) is 26.4. The minimum atomic E-state index is -0.353. The highest BCUT2D eigenvalue weighted by Gasteiger charge is 2.53. The Kier molecular flexibility index (Phi) is 7.80. The number of imide groups is 1. The van der Waals surface area contributed by atoms with Gasteiger partial charge in [0.1, 0.15) is 5.75 Å². The van der Waals surface area contributed by atoms with Crippen LogP contribution in [0.4, 0.5) is 27.5 Å². The molecule has 0 radical (unpaired) electrons. The van der Waals surface area contributed by atoms with Gasteiger partial charge in [0.15, 0.2) is 0 Å². The first-order chi connectivity index (χ1) is 22.2. The number of rotatable bonds is 8. The Balaban J connectivity index is 0.908. The maximum atomic E-state index is 13.5. The number of carbonyl (C=O) groups is 2. The van der Waals surface area contributed by atoms with Gasteiger partial charge in [-0.2, -0.15) is 0 Å². The number of ether oxygens (including phenoxy) is 1. The van der Waals surface area contributed by atoms with Crippen LogP contribution in [0.3, 0.4) is 0 Å². The van der Waals surface area contributed by atoms with Crippen molar-refractivity contribution in [3.63, 3.8) is 0 Å². The molecule has 4 aliphatic rings. The monoisotopic (exact) mass is 624 g/mol. The van der Waals surface area contributed by atoms with E-state index in [0.29, 0.717) is 24.4 Å². The summed E-state index contributed by atoms with van der Waals surface area (Å²) in [5, 5.41) is 11.0. The van der Waals surface area contributed by atoms with E-state index in [1.165, 1.54) is 10.6 Å². The molecule has 4 saturated heterocycles. The molecule has 0 saturated carbocycles. The Morgan fingerprint density at radius 3 is 2.17 bits per heavy atom. The van der Waals surface area contributed by atoms with Gasteiger partial charge < -0.3 is 14.5 Å². The van der Waals surface area contributed by atoms with Gasteiger partial charge in [0, 0.05) is 92.9 Å². The Morgan fingerprint density at radius 1 is 0.870 bits per heavy atom. The summed E-state index contributed by atoms with van der Waals surface area (Å²) in [5.74, 6) is 0.584. The number of benzene rings is 3. The van der Waals surface area contributed by atoms with Crippen LogP contribution < -0.4 is 19.4 Å². The summed E-state index contributed by atoms with van der Waals surface area (Å²) in [5.41, 5.74) is 5.49. The number of carbonyl (C=O) groups excluding carboxylic acids is 2. The van der Waals surface area contributed by atoms with E-state index in [4.69, 9.17) is 4.74 Å². The van der Waals surface area contributed by atoms with Crippen LogP contribution in [0.15, 0.2) is 66.7 Å². The standard InChI is InChI=1S/C35H40N6O5/c1-25-19-30(9-12-32(25)39-18-15-33(42)40(34(39)43)20-26-3-10-31(46-2)11-4-26)38-23-35(24-38)21-37(22-35)28-13-16-36(17-14-28)27-5-7-29(8-6-27)41(44)45/h3-12,19,28H,13-18,20-24H2,1-2H3. The number of amides is 3. The Hall–Kier alpha value is -4.64. The van der Waals surface area contributed by atoms with Crippen molar-refractivity contribution in [2.24, 2.45) is 5.41 Å². The summed E-state index contributed by atoms with van der Waals surface area (Å²) >= 11 is 0. The smallest absolute Gasteiger partial charge is 0.331 e. The summed E-state index contributed by atoms with van der Waals surface area (Å²) in [4.78, 5) is 47.3. The molecule has 3 amide bonds. The van der Waals surface area contributed by atoms with Crippen molar-refractivity contribution >= 4 is 34.7 Å². The third-order valence-corrected chi connectivity index (χ3v) is 10.2. The summed E-state index contributed by atoms with van der Waals surface area (Å²) in [6.07, 6.45) is 2.51. The van der Waals surface area contributed by atoms with Gasteiger partial charge in [-0.05, 0) is 73.4 Å². The van der Waals surface area contributed by atoms with Crippen molar-refractivity contribution in [3.8, 4) is 5.75 Å². The van der Waals surface area contributed by atoms with E-state index in [1.54, 1.807) is 24.1 Å². The molecule has 3 aromatic rings. The highest BCUT2D eigenvalue weighted by molar-refractivity contribution is 6.06. The number of hydrogen-bond acceptors (Lipinski definition) is 8. The molecule has 4 heterocycles. The van der Waals surface area contributed by atoms with Gasteiger partial charge in [-0.1, -0.05) is 12.1 Å². The number of urea groups is 1. The molecule has 0 N–H and O–H groups in total. The van der Waals surface area contributed by atoms with Gasteiger partial charge in [-0.3, -0.25) is 29.6 Å². The fourth-order valence-electron chi connectivity index (χ4n) is 7.62. The van der Waals surface area contributed by atoms with Gasteiger partial charge in [0.25, 0.3) is 5.69 Å². The number of likely N-dealkylation sites (tertiary alicyclic amines) is 1. The van der Waals surface area contributed by atoms with E-state index < -0.39 is 0 Å². The lowest BCUT2D eigenvalue weighted by Crippen LogP contribution is -2.74. The first kappa shape index (κ1) is 30.0.